The van der Waals surface area contributed by atoms with E-state index in [4.69, 9.17) is 9.47 Å². The third-order valence-electron chi connectivity index (χ3n) is 4.58. The average Bonchev–Trinajstić information content (AvgIpc) is 3.17. The molecule has 0 saturated heterocycles. The summed E-state index contributed by atoms with van der Waals surface area (Å²) in [5, 5.41) is 2.95. The molecule has 4 rings (SSSR count). The van der Waals surface area contributed by atoms with Crippen molar-refractivity contribution in [2.75, 3.05) is 25.7 Å². The van der Waals surface area contributed by atoms with E-state index in [1.807, 2.05) is 72.6 Å². The van der Waals surface area contributed by atoms with Gasteiger partial charge in [0.1, 0.15) is 0 Å². The van der Waals surface area contributed by atoms with Crippen LogP contribution in [-0.4, -0.2) is 31.2 Å². The summed E-state index contributed by atoms with van der Waals surface area (Å²) in [5.41, 5.74) is 4.15. The third-order valence-corrected chi connectivity index (χ3v) is 4.58. The average molecular weight is 374 g/mol. The molecule has 0 atom stereocenters. The normalized spacial score (nSPS) is 12.2. The van der Waals surface area contributed by atoms with Gasteiger partial charge in [0, 0.05) is 12.2 Å². The Morgan fingerprint density at radius 2 is 1.64 bits per heavy atom. The number of ether oxygens (including phenoxy) is 2. The van der Waals surface area contributed by atoms with E-state index in [2.05, 4.69) is 17.4 Å². The van der Waals surface area contributed by atoms with Gasteiger partial charge in [-0.25, -0.2) is 0 Å². The van der Waals surface area contributed by atoms with Crippen molar-refractivity contribution >= 4 is 11.6 Å². The Morgan fingerprint density at radius 1 is 0.929 bits per heavy atom. The van der Waals surface area contributed by atoms with E-state index in [0.29, 0.717) is 13.1 Å². The molecule has 1 N–H and O–H groups in total. The topological polar surface area (TPSA) is 50.8 Å². The van der Waals surface area contributed by atoms with Crippen LogP contribution >= 0.6 is 0 Å². The van der Waals surface area contributed by atoms with E-state index >= 15 is 0 Å². The molecule has 1 amide bonds. The van der Waals surface area contributed by atoms with Crippen LogP contribution in [0.3, 0.4) is 0 Å². The Labute approximate surface area is 164 Å². The first kappa shape index (κ1) is 18.1. The minimum atomic E-state index is -0.0456. The van der Waals surface area contributed by atoms with Crippen LogP contribution in [0.5, 0.6) is 11.5 Å². The lowest BCUT2D eigenvalue weighted by Crippen LogP contribution is -2.29. The van der Waals surface area contributed by atoms with Crippen molar-refractivity contribution in [3.05, 3.63) is 78.4 Å². The number of benzene rings is 3. The largest absolute Gasteiger partial charge is 0.454 e. The molecule has 1 heterocycles. The van der Waals surface area contributed by atoms with Crippen LogP contribution in [0.2, 0.25) is 0 Å². The number of hydrogen-bond donors (Lipinski definition) is 1. The van der Waals surface area contributed by atoms with Crippen molar-refractivity contribution in [3.63, 3.8) is 0 Å². The van der Waals surface area contributed by atoms with E-state index in [0.717, 1.165) is 33.9 Å². The van der Waals surface area contributed by atoms with E-state index in [9.17, 15) is 4.79 Å². The SMILES string of the molecule is CN(CC(=O)Nc1ccc(-c2ccccc2)cc1)Cc1ccc2c(c1)OCO2. The summed E-state index contributed by atoms with van der Waals surface area (Å²) in [6.07, 6.45) is 0. The second-order valence-corrected chi connectivity index (χ2v) is 6.85. The number of rotatable bonds is 6. The standard InChI is InChI=1S/C23H22N2O3/c1-25(14-17-7-12-21-22(13-17)28-16-27-21)15-23(26)24-20-10-8-19(9-11-20)18-5-3-2-4-6-18/h2-13H,14-16H2,1H3,(H,24,26). The maximum Gasteiger partial charge on any atom is 0.238 e. The number of carbonyl (C=O) groups excluding carboxylic acids is 1. The Kier molecular flexibility index (Phi) is 5.26. The van der Waals surface area contributed by atoms with Crippen LogP contribution in [0.4, 0.5) is 5.69 Å². The molecule has 1 aliphatic rings. The molecule has 0 radical (unpaired) electrons. The van der Waals surface area contributed by atoms with Crippen LogP contribution < -0.4 is 14.8 Å². The van der Waals surface area contributed by atoms with Gasteiger partial charge >= 0.3 is 0 Å². The molecule has 0 aromatic heterocycles. The van der Waals surface area contributed by atoms with Crippen molar-refractivity contribution in [2.24, 2.45) is 0 Å². The summed E-state index contributed by atoms with van der Waals surface area (Å²) in [6.45, 7) is 1.21. The maximum atomic E-state index is 12.4. The number of nitrogens with one attached hydrogen (secondary N) is 1. The number of hydrogen-bond acceptors (Lipinski definition) is 4. The number of fused-ring (bicyclic) bond motifs is 1. The van der Waals surface area contributed by atoms with Crippen LogP contribution in [0, 0.1) is 0 Å². The van der Waals surface area contributed by atoms with Gasteiger partial charge in [-0.1, -0.05) is 48.5 Å². The second-order valence-electron chi connectivity index (χ2n) is 6.85. The van der Waals surface area contributed by atoms with Crippen molar-refractivity contribution in [3.8, 4) is 22.6 Å². The molecule has 1 aliphatic heterocycles. The van der Waals surface area contributed by atoms with E-state index in [-0.39, 0.29) is 12.7 Å². The van der Waals surface area contributed by atoms with Gasteiger partial charge in [0.2, 0.25) is 12.7 Å². The Morgan fingerprint density at radius 3 is 2.43 bits per heavy atom. The summed E-state index contributed by atoms with van der Waals surface area (Å²) < 4.78 is 10.7. The van der Waals surface area contributed by atoms with Crippen LogP contribution in [0.25, 0.3) is 11.1 Å². The van der Waals surface area contributed by atoms with Gasteiger partial charge in [-0.2, -0.15) is 0 Å². The molecule has 0 bridgehead atoms. The molecular formula is C23H22N2O3. The lowest BCUT2D eigenvalue weighted by Gasteiger charge is -2.16. The minimum Gasteiger partial charge on any atom is -0.454 e. The van der Waals surface area contributed by atoms with Crippen molar-refractivity contribution in [2.45, 2.75) is 6.54 Å². The molecule has 0 fully saturated rings. The molecule has 0 aliphatic carbocycles. The van der Waals surface area contributed by atoms with Gasteiger partial charge in [0.15, 0.2) is 11.5 Å². The van der Waals surface area contributed by atoms with Gasteiger partial charge in [-0.05, 0) is 48.0 Å². The Hall–Kier alpha value is -3.31. The number of likely N-dealkylation sites (N-methyl/N-ethyl adjacent to an activating group) is 1. The van der Waals surface area contributed by atoms with Gasteiger partial charge < -0.3 is 14.8 Å². The first-order valence-electron chi connectivity index (χ1n) is 9.20. The Bertz CT molecular complexity index is 955. The first-order chi connectivity index (χ1) is 13.7. The summed E-state index contributed by atoms with van der Waals surface area (Å²) in [5.74, 6) is 1.48. The lowest BCUT2D eigenvalue weighted by atomic mass is 10.1. The molecule has 5 nitrogen and oxygen atoms in total. The lowest BCUT2D eigenvalue weighted by molar-refractivity contribution is -0.117. The second kappa shape index (κ2) is 8.15. The van der Waals surface area contributed by atoms with Crippen molar-refractivity contribution in [1.29, 1.82) is 0 Å². The predicted molar refractivity (Wildman–Crippen MR) is 109 cm³/mol. The fourth-order valence-corrected chi connectivity index (χ4v) is 3.23. The summed E-state index contributed by atoms with van der Waals surface area (Å²) >= 11 is 0. The van der Waals surface area contributed by atoms with Gasteiger partial charge in [0.05, 0.1) is 6.54 Å². The zero-order valence-corrected chi connectivity index (χ0v) is 15.7. The number of nitrogens with zero attached hydrogens (tertiary/aromatic N) is 1. The summed E-state index contributed by atoms with van der Waals surface area (Å²) in [4.78, 5) is 14.3. The van der Waals surface area contributed by atoms with Crippen LogP contribution in [-0.2, 0) is 11.3 Å². The molecule has 0 unspecified atom stereocenters. The van der Waals surface area contributed by atoms with E-state index in [1.165, 1.54) is 0 Å². The predicted octanol–water partition coefficient (Wildman–Crippen LogP) is 4.15. The molecule has 142 valence electrons. The third kappa shape index (κ3) is 4.32. The van der Waals surface area contributed by atoms with Gasteiger partial charge in [-0.3, -0.25) is 9.69 Å². The summed E-state index contributed by atoms with van der Waals surface area (Å²) in [6, 6.07) is 23.9. The molecule has 3 aromatic rings. The number of anilines is 1. The zero-order chi connectivity index (χ0) is 19.3. The molecular weight excluding hydrogens is 352 g/mol. The number of carbonyl (C=O) groups is 1. The smallest absolute Gasteiger partial charge is 0.238 e. The molecule has 28 heavy (non-hydrogen) atoms. The molecule has 5 heteroatoms. The molecule has 0 saturated carbocycles. The van der Waals surface area contributed by atoms with Crippen LogP contribution in [0.1, 0.15) is 5.56 Å². The van der Waals surface area contributed by atoms with E-state index < -0.39 is 0 Å². The summed E-state index contributed by atoms with van der Waals surface area (Å²) in [7, 11) is 1.92. The zero-order valence-electron chi connectivity index (χ0n) is 15.7. The molecule has 0 spiro atoms. The van der Waals surface area contributed by atoms with Gasteiger partial charge in [0.25, 0.3) is 0 Å². The highest BCUT2D eigenvalue weighted by Crippen LogP contribution is 2.32. The monoisotopic (exact) mass is 374 g/mol. The van der Waals surface area contributed by atoms with E-state index in [1.54, 1.807) is 0 Å². The fraction of sp³-hybridized carbons (Fsp3) is 0.174. The minimum absolute atomic E-state index is 0.0456. The highest BCUT2D eigenvalue weighted by atomic mass is 16.7. The maximum absolute atomic E-state index is 12.4. The highest BCUT2D eigenvalue weighted by molar-refractivity contribution is 5.92. The number of amides is 1. The Balaban J connectivity index is 1.31. The quantitative estimate of drug-likeness (QED) is 0.704. The first-order valence-corrected chi connectivity index (χ1v) is 9.20. The van der Waals surface area contributed by atoms with Crippen molar-refractivity contribution in [1.82, 2.24) is 4.90 Å². The fourth-order valence-electron chi connectivity index (χ4n) is 3.23. The van der Waals surface area contributed by atoms with Crippen LogP contribution in [0.15, 0.2) is 72.8 Å². The molecule has 3 aromatic carbocycles. The highest BCUT2D eigenvalue weighted by Gasteiger charge is 2.14. The van der Waals surface area contributed by atoms with Crippen molar-refractivity contribution < 1.29 is 14.3 Å². The van der Waals surface area contributed by atoms with Gasteiger partial charge in [-0.15, -0.1) is 0 Å².